The Labute approximate surface area is 82.7 Å². The summed E-state index contributed by atoms with van der Waals surface area (Å²) < 4.78 is 5.59. The zero-order valence-corrected chi connectivity index (χ0v) is 9.15. The van der Waals surface area contributed by atoms with Crippen LogP contribution in [-0.2, 0) is 4.74 Å². The second kappa shape index (κ2) is 3.53. The molecule has 11 heavy (non-hydrogen) atoms. The molecule has 1 aromatic heterocycles. The molecule has 0 bridgehead atoms. The van der Waals surface area contributed by atoms with Gasteiger partial charge in [0, 0.05) is 13.8 Å². The number of carbonyl (C=O) groups is 1. The minimum absolute atomic E-state index is 0.251. The topological polar surface area (TPSA) is 26.3 Å². The molecule has 0 aromatic carbocycles. The second-order valence-corrected chi connectivity index (χ2v) is 4.17. The van der Waals surface area contributed by atoms with E-state index in [1.165, 1.54) is 7.11 Å². The van der Waals surface area contributed by atoms with E-state index in [1.807, 2.05) is 12.3 Å². The molecule has 0 saturated carbocycles. The van der Waals surface area contributed by atoms with E-state index in [9.17, 15) is 4.79 Å². The first-order chi connectivity index (χ1) is 5.16. The monoisotopic (exact) mass is 282 g/mol. The fraction of sp³-hybridized carbons (Fsp3) is 0.286. The lowest BCUT2D eigenvalue weighted by molar-refractivity contribution is 0.0600. The van der Waals surface area contributed by atoms with Crippen LogP contribution in [0.1, 0.15) is 15.2 Å². The van der Waals surface area contributed by atoms with E-state index >= 15 is 0 Å². The van der Waals surface area contributed by atoms with Gasteiger partial charge in [0.15, 0.2) is 0 Å². The Bertz CT molecular complexity index is 280. The zero-order valence-electron chi connectivity index (χ0n) is 6.18. The number of esters is 1. The molecule has 0 amide bonds. The molecule has 0 aliphatic carbocycles. The molecule has 2 nitrogen and oxygen atoms in total. The van der Waals surface area contributed by atoms with E-state index in [4.69, 9.17) is 0 Å². The predicted octanol–water partition coefficient (Wildman–Crippen LogP) is 2.45. The summed E-state index contributed by atoms with van der Waals surface area (Å²) in [5.41, 5.74) is 0.676. The molecule has 0 fully saturated rings. The van der Waals surface area contributed by atoms with Crippen molar-refractivity contribution in [2.75, 3.05) is 7.11 Å². The molecule has 1 heterocycles. The van der Waals surface area contributed by atoms with Crippen LogP contribution >= 0.6 is 33.9 Å². The van der Waals surface area contributed by atoms with Crippen LogP contribution in [0, 0.1) is 10.5 Å². The van der Waals surface area contributed by atoms with Crippen LogP contribution in [0.15, 0.2) is 5.38 Å². The SMILES string of the molecule is COC(=O)c1csc(C)c1I. The minimum Gasteiger partial charge on any atom is -0.465 e. The summed E-state index contributed by atoms with van der Waals surface area (Å²) in [5, 5.41) is 1.82. The summed E-state index contributed by atoms with van der Waals surface area (Å²) in [4.78, 5) is 12.2. The number of methoxy groups -OCH3 is 1. The van der Waals surface area contributed by atoms with Crippen molar-refractivity contribution in [3.63, 3.8) is 0 Å². The van der Waals surface area contributed by atoms with Gasteiger partial charge in [0.1, 0.15) is 0 Å². The highest BCUT2D eigenvalue weighted by atomic mass is 127. The van der Waals surface area contributed by atoms with Crippen molar-refractivity contribution in [2.45, 2.75) is 6.92 Å². The molecular formula is C7H7IO2S. The number of thiophene rings is 1. The van der Waals surface area contributed by atoms with E-state index in [0.717, 1.165) is 8.45 Å². The number of aryl methyl sites for hydroxylation is 1. The third kappa shape index (κ3) is 1.73. The van der Waals surface area contributed by atoms with Gasteiger partial charge in [0.25, 0.3) is 0 Å². The van der Waals surface area contributed by atoms with Gasteiger partial charge < -0.3 is 4.74 Å². The maximum atomic E-state index is 11.0. The number of hydrogen-bond donors (Lipinski definition) is 0. The molecule has 4 heteroatoms. The van der Waals surface area contributed by atoms with Crippen LogP contribution in [0.3, 0.4) is 0 Å². The van der Waals surface area contributed by atoms with Crippen molar-refractivity contribution in [1.29, 1.82) is 0 Å². The van der Waals surface area contributed by atoms with Crippen molar-refractivity contribution in [1.82, 2.24) is 0 Å². The van der Waals surface area contributed by atoms with Crippen LogP contribution in [-0.4, -0.2) is 13.1 Å². The summed E-state index contributed by atoms with van der Waals surface area (Å²) in [6, 6.07) is 0. The largest absolute Gasteiger partial charge is 0.465 e. The van der Waals surface area contributed by atoms with Gasteiger partial charge in [0.2, 0.25) is 0 Å². The van der Waals surface area contributed by atoms with Gasteiger partial charge in [-0.1, -0.05) is 0 Å². The highest BCUT2D eigenvalue weighted by Gasteiger charge is 2.12. The molecule has 0 aliphatic heterocycles. The molecule has 1 rings (SSSR count). The first-order valence-corrected chi connectivity index (χ1v) is 4.94. The number of ether oxygens (including phenoxy) is 1. The highest BCUT2D eigenvalue weighted by Crippen LogP contribution is 2.23. The molecule has 0 atom stereocenters. The smallest absolute Gasteiger partial charge is 0.339 e. The van der Waals surface area contributed by atoms with Gasteiger partial charge >= 0.3 is 5.97 Å². The van der Waals surface area contributed by atoms with Crippen LogP contribution in [0.25, 0.3) is 0 Å². The molecule has 0 spiro atoms. The molecule has 0 saturated heterocycles. The quantitative estimate of drug-likeness (QED) is 0.584. The van der Waals surface area contributed by atoms with E-state index < -0.39 is 0 Å². The molecular weight excluding hydrogens is 275 g/mol. The number of carbonyl (C=O) groups excluding carboxylic acids is 1. The van der Waals surface area contributed by atoms with Crippen molar-refractivity contribution >= 4 is 39.9 Å². The Hall–Kier alpha value is -0.100. The van der Waals surface area contributed by atoms with E-state index in [2.05, 4.69) is 27.3 Å². The Morgan fingerprint density at radius 3 is 2.73 bits per heavy atom. The first-order valence-electron chi connectivity index (χ1n) is 2.98. The van der Waals surface area contributed by atoms with Crippen molar-refractivity contribution < 1.29 is 9.53 Å². The van der Waals surface area contributed by atoms with Crippen LogP contribution in [0.2, 0.25) is 0 Å². The van der Waals surface area contributed by atoms with E-state index in [1.54, 1.807) is 11.3 Å². The predicted molar refractivity (Wildman–Crippen MR) is 53.1 cm³/mol. The van der Waals surface area contributed by atoms with E-state index in [-0.39, 0.29) is 5.97 Å². The lowest BCUT2D eigenvalue weighted by atomic mass is 10.3. The summed E-state index contributed by atoms with van der Waals surface area (Å²) in [7, 11) is 1.39. The third-order valence-electron chi connectivity index (χ3n) is 1.30. The Balaban J connectivity index is 3.04. The third-order valence-corrected chi connectivity index (χ3v) is 3.97. The summed E-state index contributed by atoms with van der Waals surface area (Å²) >= 11 is 3.71. The lowest BCUT2D eigenvalue weighted by Gasteiger charge is -1.95. The lowest BCUT2D eigenvalue weighted by Crippen LogP contribution is -2.00. The van der Waals surface area contributed by atoms with Crippen molar-refractivity contribution in [3.8, 4) is 0 Å². The standard InChI is InChI=1S/C7H7IO2S/c1-4-6(8)5(3-11-4)7(9)10-2/h3H,1-2H3. The Morgan fingerprint density at radius 2 is 2.36 bits per heavy atom. The maximum absolute atomic E-state index is 11.0. The van der Waals surface area contributed by atoms with Gasteiger partial charge in [0.05, 0.1) is 12.7 Å². The first kappa shape index (κ1) is 8.99. The Kier molecular flexibility index (Phi) is 2.89. The number of rotatable bonds is 1. The Morgan fingerprint density at radius 1 is 1.73 bits per heavy atom. The highest BCUT2D eigenvalue weighted by molar-refractivity contribution is 14.1. The molecule has 0 unspecified atom stereocenters. The van der Waals surface area contributed by atoms with Crippen molar-refractivity contribution in [3.05, 3.63) is 19.4 Å². The number of hydrogen-bond acceptors (Lipinski definition) is 3. The van der Waals surface area contributed by atoms with Crippen LogP contribution in [0.4, 0.5) is 0 Å². The van der Waals surface area contributed by atoms with Gasteiger partial charge in [-0.05, 0) is 29.5 Å². The fourth-order valence-electron chi connectivity index (χ4n) is 0.688. The van der Waals surface area contributed by atoms with E-state index in [0.29, 0.717) is 5.56 Å². The molecule has 0 aliphatic rings. The molecule has 0 N–H and O–H groups in total. The normalized spacial score (nSPS) is 9.73. The summed E-state index contributed by atoms with van der Waals surface area (Å²) in [6.07, 6.45) is 0. The van der Waals surface area contributed by atoms with Gasteiger partial charge in [-0.2, -0.15) is 0 Å². The molecule has 1 aromatic rings. The minimum atomic E-state index is -0.251. The van der Waals surface area contributed by atoms with Gasteiger partial charge in [-0.3, -0.25) is 0 Å². The molecule has 0 radical (unpaired) electrons. The van der Waals surface area contributed by atoms with Crippen LogP contribution in [0.5, 0.6) is 0 Å². The average molecular weight is 282 g/mol. The van der Waals surface area contributed by atoms with Crippen LogP contribution < -0.4 is 0 Å². The van der Waals surface area contributed by atoms with Crippen molar-refractivity contribution in [2.24, 2.45) is 0 Å². The summed E-state index contributed by atoms with van der Waals surface area (Å²) in [6.45, 7) is 1.98. The average Bonchev–Trinajstić information content (AvgIpc) is 2.32. The second-order valence-electron chi connectivity index (χ2n) is 2.01. The summed E-state index contributed by atoms with van der Waals surface area (Å²) in [5.74, 6) is -0.251. The van der Waals surface area contributed by atoms with Gasteiger partial charge in [-0.25, -0.2) is 4.79 Å². The van der Waals surface area contributed by atoms with Gasteiger partial charge in [-0.15, -0.1) is 11.3 Å². The maximum Gasteiger partial charge on any atom is 0.339 e. The fourth-order valence-corrected chi connectivity index (χ4v) is 2.38. The zero-order chi connectivity index (χ0) is 8.43. The molecule has 60 valence electrons. The number of halogens is 1.